The first-order valence-electron chi connectivity index (χ1n) is 8.86. The Morgan fingerprint density at radius 1 is 1.04 bits per heavy atom. The predicted octanol–water partition coefficient (Wildman–Crippen LogP) is 3.96. The van der Waals surface area contributed by atoms with Crippen LogP contribution in [0.15, 0.2) is 53.5 Å². The number of anilines is 1. The number of likely N-dealkylation sites (N-methyl/N-ethyl adjacent to an activating group) is 1. The molecule has 134 valence electrons. The van der Waals surface area contributed by atoms with Crippen LogP contribution in [-0.4, -0.2) is 50.0 Å². The molecule has 1 N–H and O–H groups in total. The molecule has 0 unspecified atom stereocenters. The van der Waals surface area contributed by atoms with E-state index in [2.05, 4.69) is 54.9 Å². The van der Waals surface area contributed by atoms with Crippen LogP contribution in [0.3, 0.4) is 0 Å². The molecule has 0 aliphatic carbocycles. The van der Waals surface area contributed by atoms with E-state index < -0.39 is 0 Å². The Balaban J connectivity index is 2.10. The van der Waals surface area contributed by atoms with E-state index in [-0.39, 0.29) is 11.8 Å². The van der Waals surface area contributed by atoms with Crippen molar-refractivity contribution in [1.29, 1.82) is 0 Å². The largest absolute Gasteiger partial charge is 0.507 e. The number of rotatable bonds is 8. The fourth-order valence-electron chi connectivity index (χ4n) is 2.92. The zero-order valence-electron chi connectivity index (χ0n) is 15.7. The third kappa shape index (κ3) is 5.07. The first-order valence-corrected chi connectivity index (χ1v) is 8.86. The Hall–Kier alpha value is -2.33. The summed E-state index contributed by atoms with van der Waals surface area (Å²) in [6.45, 7) is 6.71. The summed E-state index contributed by atoms with van der Waals surface area (Å²) >= 11 is 0. The van der Waals surface area contributed by atoms with Crippen molar-refractivity contribution in [2.24, 2.45) is 4.99 Å². The second-order valence-corrected chi connectivity index (χ2v) is 6.30. The minimum Gasteiger partial charge on any atom is -0.507 e. The molecule has 0 saturated carbocycles. The van der Waals surface area contributed by atoms with E-state index in [1.165, 1.54) is 5.56 Å². The molecule has 0 aromatic heterocycles. The Morgan fingerprint density at radius 2 is 1.72 bits per heavy atom. The maximum atomic E-state index is 10.3. The number of phenolic OH excluding ortho intramolecular Hbond substituents is 1. The Morgan fingerprint density at radius 3 is 2.28 bits per heavy atom. The minimum absolute atomic E-state index is 0.217. The van der Waals surface area contributed by atoms with Crippen LogP contribution in [0.2, 0.25) is 0 Å². The van der Waals surface area contributed by atoms with Gasteiger partial charge in [-0.3, -0.25) is 4.99 Å². The van der Waals surface area contributed by atoms with Crippen molar-refractivity contribution in [3.05, 3.63) is 59.7 Å². The molecule has 0 aliphatic heterocycles. The van der Waals surface area contributed by atoms with Gasteiger partial charge < -0.3 is 14.9 Å². The molecule has 0 amide bonds. The van der Waals surface area contributed by atoms with Gasteiger partial charge >= 0.3 is 0 Å². The van der Waals surface area contributed by atoms with Crippen molar-refractivity contribution >= 4 is 11.9 Å². The lowest BCUT2D eigenvalue weighted by atomic mass is 10.1. The summed E-state index contributed by atoms with van der Waals surface area (Å²) in [7, 11) is 4.12. The van der Waals surface area contributed by atoms with Crippen LogP contribution in [0, 0.1) is 0 Å². The molecule has 0 spiro atoms. The number of aromatic hydroxyl groups is 1. The topological polar surface area (TPSA) is 39.1 Å². The fraction of sp³-hybridized carbons (Fsp3) is 0.381. The van der Waals surface area contributed by atoms with Crippen LogP contribution in [0.1, 0.15) is 31.0 Å². The van der Waals surface area contributed by atoms with Gasteiger partial charge in [-0.1, -0.05) is 30.3 Å². The van der Waals surface area contributed by atoms with E-state index in [9.17, 15) is 5.11 Å². The third-order valence-corrected chi connectivity index (χ3v) is 4.46. The molecule has 2 aromatic carbocycles. The van der Waals surface area contributed by atoms with Crippen LogP contribution in [-0.2, 0) is 0 Å². The van der Waals surface area contributed by atoms with E-state index in [4.69, 9.17) is 0 Å². The quantitative estimate of drug-likeness (QED) is 0.740. The highest BCUT2D eigenvalue weighted by molar-refractivity contribution is 5.84. The molecule has 0 aliphatic rings. The lowest BCUT2D eigenvalue weighted by molar-refractivity contribution is 0.307. The normalized spacial score (nSPS) is 12.7. The van der Waals surface area contributed by atoms with Crippen molar-refractivity contribution < 1.29 is 5.11 Å². The van der Waals surface area contributed by atoms with E-state index in [1.807, 2.05) is 36.4 Å². The molecular weight excluding hydrogens is 310 g/mol. The number of aliphatic imine (C=N–C) groups is 1. The SMILES string of the molecule is CCN(CC)c1ccc(C=NC[C@H](c2ccccc2)N(C)C)c(O)c1. The second kappa shape index (κ2) is 9.23. The van der Waals surface area contributed by atoms with Gasteiger partial charge in [-0.05, 0) is 45.6 Å². The average Bonchev–Trinajstić information content (AvgIpc) is 2.61. The molecule has 4 heteroatoms. The molecule has 25 heavy (non-hydrogen) atoms. The summed E-state index contributed by atoms with van der Waals surface area (Å²) in [6.07, 6.45) is 1.76. The number of benzene rings is 2. The van der Waals surface area contributed by atoms with Gasteiger partial charge in [-0.2, -0.15) is 0 Å². The molecule has 4 nitrogen and oxygen atoms in total. The van der Waals surface area contributed by atoms with Gasteiger partial charge in [-0.15, -0.1) is 0 Å². The first-order chi connectivity index (χ1) is 12.1. The molecular formula is C21H29N3O. The molecule has 0 bridgehead atoms. The Bertz CT molecular complexity index is 679. The first kappa shape index (κ1) is 19.0. The minimum atomic E-state index is 0.217. The summed E-state index contributed by atoms with van der Waals surface area (Å²) in [6, 6.07) is 16.4. The zero-order valence-corrected chi connectivity index (χ0v) is 15.7. The highest BCUT2D eigenvalue weighted by Gasteiger charge is 2.12. The molecule has 1 atom stereocenters. The maximum Gasteiger partial charge on any atom is 0.126 e. The van der Waals surface area contributed by atoms with Gasteiger partial charge in [-0.25, -0.2) is 0 Å². The smallest absolute Gasteiger partial charge is 0.126 e. The van der Waals surface area contributed by atoms with Gasteiger partial charge in [0.25, 0.3) is 0 Å². The molecule has 0 radical (unpaired) electrons. The monoisotopic (exact) mass is 339 g/mol. The van der Waals surface area contributed by atoms with Crippen LogP contribution < -0.4 is 4.90 Å². The van der Waals surface area contributed by atoms with Gasteiger partial charge in [0, 0.05) is 36.6 Å². The van der Waals surface area contributed by atoms with Crippen molar-refractivity contribution in [2.75, 3.05) is 38.6 Å². The molecule has 2 rings (SSSR count). The van der Waals surface area contributed by atoms with E-state index in [0.717, 1.165) is 24.3 Å². The van der Waals surface area contributed by atoms with Gasteiger partial charge in [0.05, 0.1) is 12.6 Å². The predicted molar refractivity (Wildman–Crippen MR) is 107 cm³/mol. The number of phenols is 1. The van der Waals surface area contributed by atoms with Crippen LogP contribution in [0.25, 0.3) is 0 Å². The summed E-state index contributed by atoms with van der Waals surface area (Å²) in [5.41, 5.74) is 3.03. The average molecular weight is 339 g/mol. The standard InChI is InChI=1S/C21H29N3O/c1-5-24(6-2)19-13-12-18(21(25)14-19)15-22-16-20(23(3)4)17-10-8-7-9-11-17/h7-15,20,25H,5-6,16H2,1-4H3/t20-/m1/s1. The van der Waals surface area contributed by atoms with Crippen LogP contribution >= 0.6 is 0 Å². The van der Waals surface area contributed by atoms with Crippen molar-refractivity contribution in [3.63, 3.8) is 0 Å². The Labute approximate surface area is 151 Å². The third-order valence-electron chi connectivity index (χ3n) is 4.46. The molecule has 0 fully saturated rings. The van der Waals surface area contributed by atoms with Crippen molar-refractivity contribution in [3.8, 4) is 5.75 Å². The summed E-state index contributed by atoms with van der Waals surface area (Å²) in [5.74, 6) is 0.272. The fourth-order valence-corrected chi connectivity index (χ4v) is 2.92. The zero-order chi connectivity index (χ0) is 18.2. The van der Waals surface area contributed by atoms with Crippen molar-refractivity contribution in [1.82, 2.24) is 4.90 Å². The highest BCUT2D eigenvalue weighted by atomic mass is 16.3. The van der Waals surface area contributed by atoms with Crippen LogP contribution in [0.4, 0.5) is 5.69 Å². The van der Waals surface area contributed by atoms with Gasteiger partial charge in [0.2, 0.25) is 0 Å². The molecule has 0 heterocycles. The van der Waals surface area contributed by atoms with Crippen LogP contribution in [0.5, 0.6) is 5.75 Å². The van der Waals surface area contributed by atoms with Gasteiger partial charge in [0.1, 0.15) is 5.75 Å². The summed E-state index contributed by atoms with van der Waals surface area (Å²) < 4.78 is 0. The molecule has 2 aromatic rings. The lowest BCUT2D eigenvalue weighted by Gasteiger charge is -2.23. The second-order valence-electron chi connectivity index (χ2n) is 6.30. The highest BCUT2D eigenvalue weighted by Crippen LogP contribution is 2.24. The maximum absolute atomic E-state index is 10.3. The summed E-state index contributed by atoms with van der Waals surface area (Å²) in [5, 5.41) is 10.3. The summed E-state index contributed by atoms with van der Waals surface area (Å²) in [4.78, 5) is 8.94. The number of hydrogen-bond donors (Lipinski definition) is 1. The van der Waals surface area contributed by atoms with Crippen molar-refractivity contribution in [2.45, 2.75) is 19.9 Å². The van der Waals surface area contributed by atoms with E-state index >= 15 is 0 Å². The van der Waals surface area contributed by atoms with Gasteiger partial charge in [0.15, 0.2) is 0 Å². The lowest BCUT2D eigenvalue weighted by Crippen LogP contribution is -2.22. The number of hydrogen-bond acceptors (Lipinski definition) is 4. The number of nitrogens with zero attached hydrogens (tertiary/aromatic N) is 3. The molecule has 0 saturated heterocycles. The Kier molecular flexibility index (Phi) is 7.02. The van der Waals surface area contributed by atoms with E-state index in [0.29, 0.717) is 6.54 Å². The van der Waals surface area contributed by atoms with E-state index in [1.54, 1.807) is 6.21 Å².